The summed E-state index contributed by atoms with van der Waals surface area (Å²) in [5.41, 5.74) is 2.44. The Balaban J connectivity index is 0.00000300. The lowest BCUT2D eigenvalue weighted by Crippen LogP contribution is -2.36. The average Bonchev–Trinajstić information content (AvgIpc) is 3.20. The first kappa shape index (κ1) is 25.3. The maximum atomic E-state index is 6.17. The lowest BCUT2D eigenvalue weighted by Gasteiger charge is -2.25. The Kier molecular flexibility index (Phi) is 11.1. The van der Waals surface area contributed by atoms with Gasteiger partial charge in [0.2, 0.25) is 0 Å². The van der Waals surface area contributed by atoms with E-state index in [1.807, 2.05) is 24.3 Å². The Morgan fingerprint density at radius 3 is 1.62 bits per heavy atom. The Morgan fingerprint density at radius 1 is 0.690 bits per heavy atom. The summed E-state index contributed by atoms with van der Waals surface area (Å²) >= 11 is 24.4. The molecule has 1 fully saturated rings. The van der Waals surface area contributed by atoms with Crippen molar-refractivity contribution in [1.29, 1.82) is 0 Å². The summed E-state index contributed by atoms with van der Waals surface area (Å²) in [7, 11) is 0. The molecule has 0 unspecified atom stereocenters. The molecule has 2 aromatic carbocycles. The first-order chi connectivity index (χ1) is 13.5. The van der Waals surface area contributed by atoms with Crippen molar-refractivity contribution in [3.05, 3.63) is 67.6 Å². The first-order valence-electron chi connectivity index (χ1n) is 9.84. The summed E-state index contributed by atoms with van der Waals surface area (Å²) in [4.78, 5) is 5.09. The van der Waals surface area contributed by atoms with Crippen LogP contribution >= 0.6 is 63.4 Å². The van der Waals surface area contributed by atoms with Crippen LogP contribution in [0.1, 0.15) is 24.0 Å². The number of halogens is 5. The second-order valence-corrected chi connectivity index (χ2v) is 9.02. The second kappa shape index (κ2) is 12.8. The quantitative estimate of drug-likeness (QED) is 0.336. The number of hydrogen-bond acceptors (Lipinski definition) is 2. The Bertz CT molecular complexity index is 726. The third-order valence-electron chi connectivity index (χ3n) is 5.33. The van der Waals surface area contributed by atoms with E-state index >= 15 is 0 Å². The monoisotopic (exact) mass is 538 g/mol. The standard InChI is InChI=1S/C22H26Cl4N2.BrH/c23-19-5-3-17(15-21(19)25)7-11-28(14-13-27-9-1-2-10-27)12-8-18-4-6-20(24)22(26)16-18;/h3-6,15-16H,1-2,7-14H2;1H. The summed E-state index contributed by atoms with van der Waals surface area (Å²) < 4.78 is 0. The Morgan fingerprint density at radius 2 is 1.17 bits per heavy atom. The predicted octanol–water partition coefficient (Wildman–Crippen LogP) is 7.06. The van der Waals surface area contributed by atoms with Crippen molar-refractivity contribution in [3.8, 4) is 0 Å². The second-order valence-electron chi connectivity index (χ2n) is 7.39. The van der Waals surface area contributed by atoms with Crippen molar-refractivity contribution < 1.29 is 0 Å². The molecule has 7 heteroatoms. The lowest BCUT2D eigenvalue weighted by molar-refractivity contribution is 0.228. The molecule has 0 bridgehead atoms. The van der Waals surface area contributed by atoms with Gasteiger partial charge in [-0.2, -0.15) is 0 Å². The minimum atomic E-state index is 0. The number of likely N-dealkylation sites (tertiary alicyclic amines) is 1. The van der Waals surface area contributed by atoms with Crippen molar-refractivity contribution in [2.45, 2.75) is 25.7 Å². The molecule has 0 spiro atoms. The molecule has 29 heavy (non-hydrogen) atoms. The van der Waals surface area contributed by atoms with Crippen molar-refractivity contribution in [1.82, 2.24) is 9.80 Å². The summed E-state index contributed by atoms with van der Waals surface area (Å²) in [6.45, 7) is 6.65. The molecular formula is C22H27BrCl4N2. The Labute approximate surface area is 204 Å². The van der Waals surface area contributed by atoms with Crippen LogP contribution in [0.2, 0.25) is 20.1 Å². The van der Waals surface area contributed by atoms with Gasteiger partial charge in [0.05, 0.1) is 20.1 Å². The number of benzene rings is 2. The number of rotatable bonds is 9. The highest BCUT2D eigenvalue weighted by molar-refractivity contribution is 8.93. The third kappa shape index (κ3) is 8.22. The van der Waals surface area contributed by atoms with E-state index < -0.39 is 0 Å². The van der Waals surface area contributed by atoms with Gasteiger partial charge in [-0.25, -0.2) is 0 Å². The molecule has 0 saturated carbocycles. The molecular weight excluding hydrogens is 514 g/mol. The minimum absolute atomic E-state index is 0. The number of nitrogens with zero attached hydrogens (tertiary/aromatic N) is 2. The number of hydrogen-bond donors (Lipinski definition) is 0. The van der Waals surface area contributed by atoms with Crippen molar-refractivity contribution in [2.24, 2.45) is 0 Å². The van der Waals surface area contributed by atoms with Gasteiger partial charge in [0, 0.05) is 26.2 Å². The van der Waals surface area contributed by atoms with Gasteiger partial charge in [-0.15, -0.1) is 17.0 Å². The van der Waals surface area contributed by atoms with Crippen molar-refractivity contribution in [2.75, 3.05) is 39.3 Å². The van der Waals surface area contributed by atoms with Crippen LogP contribution < -0.4 is 0 Å². The van der Waals surface area contributed by atoms with Crippen LogP contribution in [0.25, 0.3) is 0 Å². The molecule has 1 aliphatic rings. The summed E-state index contributed by atoms with van der Waals surface area (Å²) in [6.07, 6.45) is 4.57. The maximum Gasteiger partial charge on any atom is 0.0595 e. The summed E-state index contributed by atoms with van der Waals surface area (Å²) in [6, 6.07) is 11.8. The molecule has 1 heterocycles. The zero-order valence-corrected chi connectivity index (χ0v) is 21.1. The first-order valence-corrected chi connectivity index (χ1v) is 11.3. The average molecular weight is 541 g/mol. The van der Waals surface area contributed by atoms with E-state index in [-0.39, 0.29) is 17.0 Å². The fraction of sp³-hybridized carbons (Fsp3) is 0.455. The van der Waals surface area contributed by atoms with Gasteiger partial charge >= 0.3 is 0 Å². The molecule has 3 rings (SSSR count). The van der Waals surface area contributed by atoms with E-state index in [2.05, 4.69) is 21.9 Å². The van der Waals surface area contributed by atoms with Crippen LogP contribution in [-0.4, -0.2) is 49.1 Å². The van der Waals surface area contributed by atoms with E-state index in [0.717, 1.165) is 39.0 Å². The molecule has 1 aliphatic heterocycles. The lowest BCUT2D eigenvalue weighted by atomic mass is 10.1. The molecule has 2 nitrogen and oxygen atoms in total. The zero-order chi connectivity index (χ0) is 19.9. The minimum Gasteiger partial charge on any atom is -0.302 e. The van der Waals surface area contributed by atoms with Gasteiger partial charge in [-0.05, 0) is 74.2 Å². The summed E-state index contributed by atoms with van der Waals surface area (Å²) in [5.74, 6) is 0. The van der Waals surface area contributed by atoms with E-state index in [1.54, 1.807) is 0 Å². The molecule has 1 saturated heterocycles. The normalized spacial score (nSPS) is 14.4. The molecule has 0 amide bonds. The van der Waals surface area contributed by atoms with Crippen LogP contribution in [0.15, 0.2) is 36.4 Å². The smallest absolute Gasteiger partial charge is 0.0595 e. The molecule has 160 valence electrons. The highest BCUT2D eigenvalue weighted by Crippen LogP contribution is 2.24. The van der Waals surface area contributed by atoms with Crippen LogP contribution in [0.4, 0.5) is 0 Å². The van der Waals surface area contributed by atoms with Gasteiger partial charge in [0.1, 0.15) is 0 Å². The fourth-order valence-electron chi connectivity index (χ4n) is 3.59. The maximum absolute atomic E-state index is 6.17. The topological polar surface area (TPSA) is 6.48 Å². The van der Waals surface area contributed by atoms with E-state index in [4.69, 9.17) is 46.4 Å². The molecule has 0 aliphatic carbocycles. The summed E-state index contributed by atoms with van der Waals surface area (Å²) in [5, 5.41) is 2.46. The zero-order valence-electron chi connectivity index (χ0n) is 16.3. The highest BCUT2D eigenvalue weighted by atomic mass is 79.9. The Hall–Kier alpha value is -0.000000000000000167. The van der Waals surface area contributed by atoms with E-state index in [9.17, 15) is 0 Å². The molecule has 0 aromatic heterocycles. The van der Waals surface area contributed by atoms with Crippen molar-refractivity contribution in [3.63, 3.8) is 0 Å². The van der Waals surface area contributed by atoms with Gasteiger partial charge in [0.15, 0.2) is 0 Å². The predicted molar refractivity (Wildman–Crippen MR) is 133 cm³/mol. The highest BCUT2D eigenvalue weighted by Gasteiger charge is 2.14. The fourth-order valence-corrected chi connectivity index (χ4v) is 4.23. The van der Waals surface area contributed by atoms with Crippen LogP contribution in [0.3, 0.4) is 0 Å². The van der Waals surface area contributed by atoms with E-state index in [0.29, 0.717) is 20.1 Å². The van der Waals surface area contributed by atoms with Crippen LogP contribution in [0.5, 0.6) is 0 Å². The van der Waals surface area contributed by atoms with Crippen LogP contribution in [0, 0.1) is 0 Å². The van der Waals surface area contributed by atoms with Gasteiger partial charge < -0.3 is 9.80 Å². The van der Waals surface area contributed by atoms with E-state index in [1.165, 1.54) is 37.1 Å². The van der Waals surface area contributed by atoms with Gasteiger partial charge in [0.25, 0.3) is 0 Å². The molecule has 2 aromatic rings. The van der Waals surface area contributed by atoms with Crippen molar-refractivity contribution >= 4 is 63.4 Å². The van der Waals surface area contributed by atoms with Crippen LogP contribution in [-0.2, 0) is 12.8 Å². The van der Waals surface area contributed by atoms with Gasteiger partial charge in [-0.3, -0.25) is 0 Å². The molecule has 0 N–H and O–H groups in total. The molecule has 0 radical (unpaired) electrons. The van der Waals surface area contributed by atoms with Gasteiger partial charge in [-0.1, -0.05) is 58.5 Å². The SMILES string of the molecule is Br.Clc1ccc(CCN(CCc2ccc(Cl)c(Cl)c2)CCN2CCCC2)cc1Cl. The largest absolute Gasteiger partial charge is 0.302 e. The molecule has 0 atom stereocenters. The third-order valence-corrected chi connectivity index (χ3v) is 6.81.